The summed E-state index contributed by atoms with van der Waals surface area (Å²) >= 11 is 0. The minimum Gasteiger partial charge on any atom is -0.377 e. The van der Waals surface area contributed by atoms with Crippen molar-refractivity contribution >= 4 is 0 Å². The molecule has 2 saturated heterocycles. The van der Waals surface area contributed by atoms with Crippen LogP contribution in [0.3, 0.4) is 0 Å². The minimum atomic E-state index is 0.487. The first kappa shape index (κ1) is 11.4. The average molecular weight is 212 g/mol. The van der Waals surface area contributed by atoms with Crippen LogP contribution in [0.5, 0.6) is 0 Å². The van der Waals surface area contributed by atoms with Gasteiger partial charge in [-0.1, -0.05) is 0 Å². The van der Waals surface area contributed by atoms with Gasteiger partial charge in [0.25, 0.3) is 0 Å². The number of rotatable bonds is 4. The molecule has 0 aromatic heterocycles. The average Bonchev–Trinajstić information content (AvgIpc) is 2.32. The van der Waals surface area contributed by atoms with Crippen molar-refractivity contribution in [3.8, 4) is 0 Å². The second-order valence-corrected chi connectivity index (χ2v) is 4.84. The van der Waals surface area contributed by atoms with Crippen molar-refractivity contribution in [3.05, 3.63) is 0 Å². The standard InChI is InChI=1S/C12H24N2O/c1-2-8-15-12(3-1)10-14-9-11-4-6-13-7-5-11/h11-14H,1-10H2. The molecule has 3 heteroatoms. The van der Waals surface area contributed by atoms with E-state index in [9.17, 15) is 0 Å². The number of nitrogens with one attached hydrogen (secondary N) is 2. The molecule has 0 aromatic rings. The number of ether oxygens (including phenoxy) is 1. The fourth-order valence-electron chi connectivity index (χ4n) is 2.50. The van der Waals surface area contributed by atoms with Gasteiger partial charge < -0.3 is 15.4 Å². The van der Waals surface area contributed by atoms with Gasteiger partial charge in [-0.2, -0.15) is 0 Å². The van der Waals surface area contributed by atoms with Crippen molar-refractivity contribution in [1.82, 2.24) is 10.6 Å². The van der Waals surface area contributed by atoms with Crippen molar-refractivity contribution in [2.75, 3.05) is 32.8 Å². The second-order valence-electron chi connectivity index (χ2n) is 4.84. The Kier molecular flexibility index (Phi) is 4.90. The van der Waals surface area contributed by atoms with Crippen molar-refractivity contribution < 1.29 is 4.74 Å². The van der Waals surface area contributed by atoms with E-state index in [1.807, 2.05) is 0 Å². The van der Waals surface area contributed by atoms with Gasteiger partial charge in [0.05, 0.1) is 6.10 Å². The van der Waals surface area contributed by atoms with E-state index < -0.39 is 0 Å². The van der Waals surface area contributed by atoms with Crippen molar-refractivity contribution in [1.29, 1.82) is 0 Å². The molecule has 0 saturated carbocycles. The van der Waals surface area contributed by atoms with Crippen LogP contribution in [0.2, 0.25) is 0 Å². The number of piperidine rings is 1. The van der Waals surface area contributed by atoms with Gasteiger partial charge >= 0.3 is 0 Å². The third kappa shape index (κ3) is 4.09. The molecule has 0 aromatic carbocycles. The van der Waals surface area contributed by atoms with Crippen LogP contribution < -0.4 is 10.6 Å². The Hall–Kier alpha value is -0.120. The maximum absolute atomic E-state index is 5.69. The van der Waals surface area contributed by atoms with Gasteiger partial charge in [-0.25, -0.2) is 0 Å². The number of hydrogen-bond donors (Lipinski definition) is 2. The fraction of sp³-hybridized carbons (Fsp3) is 1.00. The lowest BCUT2D eigenvalue weighted by Gasteiger charge is -2.26. The highest BCUT2D eigenvalue weighted by atomic mass is 16.5. The lowest BCUT2D eigenvalue weighted by Crippen LogP contribution is -2.37. The molecular weight excluding hydrogens is 188 g/mol. The first-order valence-electron chi connectivity index (χ1n) is 6.48. The lowest BCUT2D eigenvalue weighted by molar-refractivity contribution is 0.0163. The van der Waals surface area contributed by atoms with Gasteiger partial charge in [0.2, 0.25) is 0 Å². The third-order valence-electron chi connectivity index (χ3n) is 3.54. The summed E-state index contributed by atoms with van der Waals surface area (Å²) in [7, 11) is 0. The molecule has 0 spiro atoms. The summed E-state index contributed by atoms with van der Waals surface area (Å²) < 4.78 is 5.69. The zero-order valence-corrected chi connectivity index (χ0v) is 9.63. The van der Waals surface area contributed by atoms with Crippen LogP contribution in [-0.2, 0) is 4.74 Å². The van der Waals surface area contributed by atoms with Crippen molar-refractivity contribution in [2.45, 2.75) is 38.2 Å². The molecule has 0 radical (unpaired) electrons. The summed E-state index contributed by atoms with van der Waals surface area (Å²) in [5.41, 5.74) is 0. The molecule has 15 heavy (non-hydrogen) atoms. The molecule has 0 bridgehead atoms. The van der Waals surface area contributed by atoms with E-state index in [1.54, 1.807) is 0 Å². The van der Waals surface area contributed by atoms with E-state index in [4.69, 9.17) is 4.74 Å². The van der Waals surface area contributed by atoms with Crippen LogP contribution >= 0.6 is 0 Å². The van der Waals surface area contributed by atoms with Crippen LogP contribution in [0.1, 0.15) is 32.1 Å². The van der Waals surface area contributed by atoms with E-state index in [2.05, 4.69) is 10.6 Å². The third-order valence-corrected chi connectivity index (χ3v) is 3.54. The maximum atomic E-state index is 5.69. The Morgan fingerprint density at radius 2 is 1.93 bits per heavy atom. The fourth-order valence-corrected chi connectivity index (χ4v) is 2.50. The largest absolute Gasteiger partial charge is 0.377 e. The molecule has 88 valence electrons. The molecule has 2 aliphatic rings. The van der Waals surface area contributed by atoms with Crippen molar-refractivity contribution in [2.24, 2.45) is 5.92 Å². The Labute approximate surface area is 93.0 Å². The molecule has 2 aliphatic heterocycles. The highest BCUT2D eigenvalue weighted by Gasteiger charge is 2.15. The van der Waals surface area contributed by atoms with Gasteiger partial charge in [-0.15, -0.1) is 0 Å². The topological polar surface area (TPSA) is 33.3 Å². The molecule has 2 heterocycles. The minimum absolute atomic E-state index is 0.487. The predicted octanol–water partition coefficient (Wildman–Crippen LogP) is 1.14. The Bertz CT molecular complexity index is 145. The number of hydrogen-bond acceptors (Lipinski definition) is 3. The first-order valence-corrected chi connectivity index (χ1v) is 6.48. The molecular formula is C12H24N2O. The summed E-state index contributed by atoms with van der Waals surface area (Å²) in [5, 5.41) is 6.97. The molecule has 2 fully saturated rings. The second kappa shape index (κ2) is 6.46. The highest BCUT2D eigenvalue weighted by Crippen LogP contribution is 2.13. The summed E-state index contributed by atoms with van der Waals surface area (Å²) in [4.78, 5) is 0. The normalized spacial score (nSPS) is 29.2. The smallest absolute Gasteiger partial charge is 0.0699 e. The zero-order valence-electron chi connectivity index (χ0n) is 9.63. The summed E-state index contributed by atoms with van der Waals surface area (Å²) in [6.45, 7) is 5.61. The zero-order chi connectivity index (χ0) is 10.3. The quantitative estimate of drug-likeness (QED) is 0.733. The van der Waals surface area contributed by atoms with Crippen LogP contribution in [0, 0.1) is 5.92 Å². The molecule has 2 rings (SSSR count). The van der Waals surface area contributed by atoms with E-state index in [-0.39, 0.29) is 0 Å². The highest BCUT2D eigenvalue weighted by molar-refractivity contribution is 4.72. The molecule has 1 atom stereocenters. The maximum Gasteiger partial charge on any atom is 0.0699 e. The molecule has 1 unspecified atom stereocenters. The lowest BCUT2D eigenvalue weighted by atomic mass is 9.98. The molecule has 0 amide bonds. The Balaban J connectivity index is 1.53. The summed E-state index contributed by atoms with van der Waals surface area (Å²) in [5.74, 6) is 0.884. The Morgan fingerprint density at radius 3 is 2.67 bits per heavy atom. The molecule has 2 N–H and O–H groups in total. The summed E-state index contributed by atoms with van der Waals surface area (Å²) in [6, 6.07) is 0. The van der Waals surface area contributed by atoms with Crippen LogP contribution in [0.15, 0.2) is 0 Å². The van der Waals surface area contributed by atoms with E-state index in [1.165, 1.54) is 51.7 Å². The predicted molar refractivity (Wildman–Crippen MR) is 62.1 cm³/mol. The van der Waals surface area contributed by atoms with Gasteiger partial charge in [-0.3, -0.25) is 0 Å². The van der Waals surface area contributed by atoms with E-state index >= 15 is 0 Å². The van der Waals surface area contributed by atoms with Gasteiger partial charge in [0, 0.05) is 13.2 Å². The van der Waals surface area contributed by atoms with Gasteiger partial charge in [0.15, 0.2) is 0 Å². The van der Waals surface area contributed by atoms with E-state index in [0.29, 0.717) is 6.10 Å². The molecule has 3 nitrogen and oxygen atoms in total. The summed E-state index contributed by atoms with van der Waals surface area (Å²) in [6.07, 6.45) is 7.00. The monoisotopic (exact) mass is 212 g/mol. The van der Waals surface area contributed by atoms with E-state index in [0.717, 1.165) is 19.1 Å². The van der Waals surface area contributed by atoms with Gasteiger partial charge in [-0.05, 0) is 57.7 Å². The van der Waals surface area contributed by atoms with Gasteiger partial charge in [0.1, 0.15) is 0 Å². The SMILES string of the molecule is C1CCC(CNCC2CCNCC2)OC1. The van der Waals surface area contributed by atoms with Crippen LogP contribution in [-0.4, -0.2) is 38.9 Å². The van der Waals surface area contributed by atoms with Crippen molar-refractivity contribution in [3.63, 3.8) is 0 Å². The van der Waals surface area contributed by atoms with Crippen LogP contribution in [0.4, 0.5) is 0 Å². The van der Waals surface area contributed by atoms with Crippen LogP contribution in [0.25, 0.3) is 0 Å². The Morgan fingerprint density at radius 1 is 1.07 bits per heavy atom. The molecule has 0 aliphatic carbocycles. The first-order chi connectivity index (χ1) is 7.45.